The van der Waals surface area contributed by atoms with Crippen molar-refractivity contribution in [3.8, 4) is 11.4 Å². The first-order valence-electron chi connectivity index (χ1n) is 7.60. The topological polar surface area (TPSA) is 42.7 Å². The minimum atomic E-state index is -0.154. The Labute approximate surface area is 157 Å². The fourth-order valence-electron chi connectivity index (χ4n) is 2.83. The molecule has 0 unspecified atom stereocenters. The molecule has 0 aliphatic rings. The summed E-state index contributed by atoms with van der Waals surface area (Å²) in [6, 6.07) is 17.4. The molecule has 0 saturated heterocycles. The summed E-state index contributed by atoms with van der Waals surface area (Å²) in [6.07, 6.45) is 0. The van der Waals surface area contributed by atoms with Crippen LogP contribution in [0.4, 0.5) is 0 Å². The Hall–Kier alpha value is -2.35. The quantitative estimate of drug-likeness (QED) is 0.499. The lowest BCUT2D eigenvalue weighted by molar-refractivity contribution is 0.919. The summed E-state index contributed by atoms with van der Waals surface area (Å²) >= 11 is 12.3. The van der Waals surface area contributed by atoms with Gasteiger partial charge in [-0.25, -0.2) is 0 Å². The Morgan fingerprint density at radius 2 is 1.64 bits per heavy atom. The number of aromatic nitrogens is 3. The highest BCUT2D eigenvalue weighted by molar-refractivity contribution is 7.73. The first kappa shape index (κ1) is 16.1. The normalized spacial score (nSPS) is 11.1. The van der Waals surface area contributed by atoms with Crippen LogP contribution >= 0.6 is 35.8 Å². The lowest BCUT2D eigenvalue weighted by Crippen LogP contribution is -2.21. The van der Waals surface area contributed by atoms with Crippen LogP contribution in [0, 0.1) is 15.6 Å². The van der Waals surface area contributed by atoms with Crippen molar-refractivity contribution in [1.82, 2.24) is 14.1 Å². The lowest BCUT2D eigenvalue weighted by Gasteiger charge is -2.10. The number of hydrogen-bond donors (Lipinski definition) is 1. The van der Waals surface area contributed by atoms with Gasteiger partial charge in [0.25, 0.3) is 5.56 Å². The van der Waals surface area contributed by atoms with Crippen LogP contribution in [0.3, 0.4) is 0 Å². The Balaban J connectivity index is 2.10. The van der Waals surface area contributed by atoms with Crippen molar-refractivity contribution in [2.45, 2.75) is 6.92 Å². The maximum absolute atomic E-state index is 13.1. The molecule has 4 nitrogen and oxygen atoms in total. The predicted molar refractivity (Wildman–Crippen MR) is 108 cm³/mol. The average Bonchev–Trinajstić information content (AvgIpc) is 2.93. The summed E-state index contributed by atoms with van der Waals surface area (Å²) in [7, 11) is 0. The van der Waals surface area contributed by atoms with E-state index in [9.17, 15) is 4.79 Å². The summed E-state index contributed by atoms with van der Waals surface area (Å²) < 4.78 is 4.91. The number of benzene rings is 2. The predicted octanol–water partition coefficient (Wildman–Crippen LogP) is 4.94. The van der Waals surface area contributed by atoms with Gasteiger partial charge in [-0.2, -0.15) is 0 Å². The summed E-state index contributed by atoms with van der Waals surface area (Å²) in [4.78, 5) is 16.3. The third-order valence-electron chi connectivity index (χ3n) is 4.01. The van der Waals surface area contributed by atoms with E-state index in [4.69, 9.17) is 24.4 Å². The van der Waals surface area contributed by atoms with Crippen LogP contribution in [-0.4, -0.2) is 14.1 Å². The number of aryl methyl sites for hydroxylation is 1. The molecule has 0 fully saturated rings. The molecule has 1 N–H and O–H groups in total. The summed E-state index contributed by atoms with van der Waals surface area (Å²) in [5.74, 6) is 0. The number of aromatic amines is 1. The highest BCUT2D eigenvalue weighted by Gasteiger charge is 2.15. The fourth-order valence-corrected chi connectivity index (χ4v) is 4.43. The van der Waals surface area contributed by atoms with E-state index >= 15 is 0 Å². The first-order chi connectivity index (χ1) is 12.1. The van der Waals surface area contributed by atoms with Crippen LogP contribution in [0.5, 0.6) is 0 Å². The summed E-state index contributed by atoms with van der Waals surface area (Å²) in [5, 5.41) is 0. The molecule has 25 heavy (non-hydrogen) atoms. The van der Waals surface area contributed by atoms with E-state index in [1.807, 2.05) is 66.1 Å². The van der Waals surface area contributed by atoms with Crippen molar-refractivity contribution in [2.24, 2.45) is 0 Å². The zero-order chi connectivity index (χ0) is 17.6. The minimum Gasteiger partial charge on any atom is -0.316 e. The van der Waals surface area contributed by atoms with Gasteiger partial charge in [0.05, 0.1) is 5.69 Å². The molecule has 0 saturated carbocycles. The molecule has 0 radical (unpaired) electrons. The highest BCUT2D eigenvalue weighted by atomic mass is 32.1. The number of nitrogens with one attached hydrogen (secondary N) is 1. The van der Waals surface area contributed by atoms with Gasteiger partial charge >= 0.3 is 0 Å². The van der Waals surface area contributed by atoms with E-state index in [1.165, 1.54) is 15.9 Å². The number of H-pyrrole nitrogens is 1. The molecule has 124 valence electrons. The van der Waals surface area contributed by atoms with E-state index in [0.29, 0.717) is 19.1 Å². The SMILES string of the molecule is Cc1ccccc1-n1c(=S)[nH]c2c(sc(=S)n2-c2ccccc2)c1=O. The summed E-state index contributed by atoms with van der Waals surface area (Å²) in [5.41, 5.74) is 3.15. The van der Waals surface area contributed by atoms with Gasteiger partial charge in [0.1, 0.15) is 10.3 Å². The number of para-hydroxylation sites is 2. The van der Waals surface area contributed by atoms with Gasteiger partial charge in [0.15, 0.2) is 8.73 Å². The van der Waals surface area contributed by atoms with Gasteiger partial charge in [-0.05, 0) is 55.1 Å². The zero-order valence-electron chi connectivity index (χ0n) is 13.2. The largest absolute Gasteiger partial charge is 0.316 e. The Morgan fingerprint density at radius 1 is 0.960 bits per heavy atom. The second kappa shape index (κ2) is 6.18. The van der Waals surface area contributed by atoms with Crippen LogP contribution in [0.25, 0.3) is 21.7 Å². The van der Waals surface area contributed by atoms with Crippen molar-refractivity contribution in [1.29, 1.82) is 0 Å². The molecule has 4 rings (SSSR count). The molecule has 4 aromatic rings. The van der Waals surface area contributed by atoms with E-state index in [0.717, 1.165) is 16.9 Å². The van der Waals surface area contributed by atoms with Crippen molar-refractivity contribution >= 4 is 46.1 Å². The van der Waals surface area contributed by atoms with Crippen molar-refractivity contribution < 1.29 is 0 Å². The third kappa shape index (κ3) is 2.60. The van der Waals surface area contributed by atoms with E-state index in [2.05, 4.69) is 4.98 Å². The molecule has 2 heterocycles. The van der Waals surface area contributed by atoms with Gasteiger partial charge in [-0.1, -0.05) is 47.7 Å². The molecule has 0 aliphatic carbocycles. The fraction of sp³-hybridized carbons (Fsp3) is 0.0556. The van der Waals surface area contributed by atoms with E-state index < -0.39 is 0 Å². The van der Waals surface area contributed by atoms with Gasteiger partial charge in [0, 0.05) is 5.69 Å². The van der Waals surface area contributed by atoms with Crippen LogP contribution in [0.15, 0.2) is 59.4 Å². The molecule has 0 aliphatic heterocycles. The molecule has 0 atom stereocenters. The van der Waals surface area contributed by atoms with Crippen molar-refractivity contribution in [3.63, 3.8) is 0 Å². The molecule has 0 spiro atoms. The number of nitrogens with zero attached hydrogens (tertiary/aromatic N) is 2. The van der Waals surface area contributed by atoms with Crippen LogP contribution in [0.1, 0.15) is 5.56 Å². The van der Waals surface area contributed by atoms with Gasteiger partial charge in [-0.3, -0.25) is 13.9 Å². The zero-order valence-corrected chi connectivity index (χ0v) is 15.7. The molecular weight excluding hydrogens is 370 g/mol. The van der Waals surface area contributed by atoms with Gasteiger partial charge in [-0.15, -0.1) is 0 Å². The minimum absolute atomic E-state index is 0.154. The Morgan fingerprint density at radius 3 is 2.36 bits per heavy atom. The molecule has 7 heteroatoms. The van der Waals surface area contributed by atoms with Gasteiger partial charge < -0.3 is 4.98 Å². The molecule has 0 amide bonds. The highest BCUT2D eigenvalue weighted by Crippen LogP contribution is 2.23. The van der Waals surface area contributed by atoms with E-state index in [1.54, 1.807) is 0 Å². The van der Waals surface area contributed by atoms with Crippen molar-refractivity contribution in [2.75, 3.05) is 0 Å². The van der Waals surface area contributed by atoms with Crippen LogP contribution in [0.2, 0.25) is 0 Å². The standard InChI is InChI=1S/C18H13N3OS3/c1-11-7-5-6-10-13(11)21-16(22)14-15(19-17(21)23)20(18(24)25-14)12-8-3-2-4-9-12/h2-10H,1H3,(H,19,23). The summed E-state index contributed by atoms with van der Waals surface area (Å²) in [6.45, 7) is 1.96. The number of hydrogen-bond acceptors (Lipinski definition) is 4. The Kier molecular flexibility index (Phi) is 3.99. The smallest absolute Gasteiger partial charge is 0.278 e. The molecule has 0 bridgehead atoms. The average molecular weight is 384 g/mol. The molecular formula is C18H13N3OS3. The molecule has 2 aromatic heterocycles. The maximum Gasteiger partial charge on any atom is 0.278 e. The monoisotopic (exact) mass is 383 g/mol. The van der Waals surface area contributed by atoms with Gasteiger partial charge in [0.2, 0.25) is 0 Å². The molecule has 2 aromatic carbocycles. The van der Waals surface area contributed by atoms with E-state index in [-0.39, 0.29) is 5.56 Å². The van der Waals surface area contributed by atoms with Crippen LogP contribution in [-0.2, 0) is 0 Å². The number of rotatable bonds is 2. The lowest BCUT2D eigenvalue weighted by atomic mass is 10.2. The third-order valence-corrected chi connectivity index (χ3v) is 5.65. The first-order valence-corrected chi connectivity index (χ1v) is 9.23. The Bertz CT molecular complexity index is 1260. The second-order valence-electron chi connectivity index (χ2n) is 5.57. The van der Waals surface area contributed by atoms with Crippen molar-refractivity contribution in [3.05, 3.63) is 79.2 Å². The second-order valence-corrected chi connectivity index (χ2v) is 7.60. The van der Waals surface area contributed by atoms with Crippen LogP contribution < -0.4 is 5.56 Å². The number of thiazole rings is 1. The maximum atomic E-state index is 13.1. The number of fused-ring (bicyclic) bond motifs is 1.